The minimum absolute atomic E-state index is 0.324. The second kappa shape index (κ2) is 4.20. The standard InChI is InChI=1S/C10H11BrN2O2/c1-13-8-3-2-7(5-12-6-11)4-9(8)15-10(13)14/h2-4,12H,5-6H2,1H3. The van der Waals surface area contributed by atoms with Gasteiger partial charge in [-0.3, -0.25) is 4.57 Å². The molecule has 0 radical (unpaired) electrons. The molecule has 1 heterocycles. The molecule has 5 heteroatoms. The van der Waals surface area contributed by atoms with E-state index >= 15 is 0 Å². The Morgan fingerprint density at radius 2 is 2.33 bits per heavy atom. The van der Waals surface area contributed by atoms with Crippen molar-refractivity contribution in [2.24, 2.45) is 7.05 Å². The van der Waals surface area contributed by atoms with Gasteiger partial charge in [0.25, 0.3) is 0 Å². The van der Waals surface area contributed by atoms with Gasteiger partial charge in [-0.25, -0.2) is 4.79 Å². The molecule has 1 N–H and O–H groups in total. The number of fused-ring (bicyclic) bond motifs is 1. The molecule has 0 atom stereocenters. The number of nitrogens with one attached hydrogen (secondary N) is 1. The molecule has 1 aromatic carbocycles. The van der Waals surface area contributed by atoms with Crippen LogP contribution in [0.1, 0.15) is 5.56 Å². The maximum atomic E-state index is 11.2. The van der Waals surface area contributed by atoms with E-state index in [0.717, 1.165) is 23.1 Å². The molecule has 0 aliphatic rings. The van der Waals surface area contributed by atoms with Crippen LogP contribution in [0.5, 0.6) is 0 Å². The highest BCUT2D eigenvalue weighted by Crippen LogP contribution is 2.13. The van der Waals surface area contributed by atoms with E-state index in [4.69, 9.17) is 4.42 Å². The van der Waals surface area contributed by atoms with Crippen molar-refractivity contribution in [1.82, 2.24) is 9.88 Å². The highest BCUT2D eigenvalue weighted by Gasteiger charge is 2.05. The first kappa shape index (κ1) is 10.4. The van der Waals surface area contributed by atoms with Crippen LogP contribution in [0.4, 0.5) is 0 Å². The van der Waals surface area contributed by atoms with Crippen LogP contribution in [0.2, 0.25) is 0 Å². The van der Waals surface area contributed by atoms with Crippen LogP contribution in [0.25, 0.3) is 11.1 Å². The number of aromatic nitrogens is 1. The number of hydrogen-bond donors (Lipinski definition) is 1. The van der Waals surface area contributed by atoms with Crippen molar-refractivity contribution in [3.63, 3.8) is 0 Å². The molecule has 0 spiro atoms. The van der Waals surface area contributed by atoms with Gasteiger partial charge in [-0.05, 0) is 17.7 Å². The lowest BCUT2D eigenvalue weighted by molar-refractivity contribution is 0.527. The zero-order valence-electron chi connectivity index (χ0n) is 8.29. The van der Waals surface area contributed by atoms with Gasteiger partial charge in [0.1, 0.15) is 0 Å². The zero-order valence-corrected chi connectivity index (χ0v) is 9.87. The zero-order chi connectivity index (χ0) is 10.8. The Bertz CT molecular complexity index is 530. The van der Waals surface area contributed by atoms with Crippen LogP contribution in [0, 0.1) is 0 Å². The summed E-state index contributed by atoms with van der Waals surface area (Å²) in [6.45, 7) is 0.750. The highest BCUT2D eigenvalue weighted by atomic mass is 79.9. The molecule has 0 saturated carbocycles. The van der Waals surface area contributed by atoms with Crippen LogP contribution in [0.3, 0.4) is 0 Å². The van der Waals surface area contributed by atoms with Gasteiger partial charge in [0.2, 0.25) is 0 Å². The van der Waals surface area contributed by atoms with Crippen molar-refractivity contribution in [1.29, 1.82) is 0 Å². The second-order valence-corrected chi connectivity index (χ2v) is 3.85. The molecule has 1 aromatic heterocycles. The third-order valence-electron chi connectivity index (χ3n) is 2.28. The van der Waals surface area contributed by atoms with Gasteiger partial charge in [-0.1, -0.05) is 22.0 Å². The minimum Gasteiger partial charge on any atom is -0.408 e. The van der Waals surface area contributed by atoms with Gasteiger partial charge >= 0.3 is 5.76 Å². The largest absolute Gasteiger partial charge is 0.419 e. The quantitative estimate of drug-likeness (QED) is 0.681. The van der Waals surface area contributed by atoms with E-state index in [1.165, 1.54) is 4.57 Å². The van der Waals surface area contributed by atoms with Crippen molar-refractivity contribution in [3.05, 3.63) is 34.3 Å². The summed E-state index contributed by atoms with van der Waals surface area (Å²) in [7, 11) is 1.70. The lowest BCUT2D eigenvalue weighted by Gasteiger charge is -2.00. The van der Waals surface area contributed by atoms with Gasteiger partial charge < -0.3 is 9.73 Å². The van der Waals surface area contributed by atoms with E-state index in [-0.39, 0.29) is 5.76 Å². The summed E-state index contributed by atoms with van der Waals surface area (Å²) in [5.74, 6) is -0.324. The van der Waals surface area contributed by atoms with Gasteiger partial charge in [-0.2, -0.15) is 0 Å². The third kappa shape index (κ3) is 1.98. The van der Waals surface area contributed by atoms with E-state index in [1.807, 2.05) is 18.2 Å². The molecular formula is C10H11BrN2O2. The fourth-order valence-electron chi connectivity index (χ4n) is 1.48. The average Bonchev–Trinajstić information content (AvgIpc) is 2.52. The second-order valence-electron chi connectivity index (χ2n) is 3.29. The molecular weight excluding hydrogens is 260 g/mol. The van der Waals surface area contributed by atoms with E-state index < -0.39 is 0 Å². The number of nitrogens with zero attached hydrogens (tertiary/aromatic N) is 1. The molecule has 2 aromatic rings. The maximum absolute atomic E-state index is 11.2. The number of aryl methyl sites for hydroxylation is 1. The SMILES string of the molecule is Cn1c(=O)oc2cc(CNCBr)ccc21. The molecule has 0 saturated heterocycles. The fourth-order valence-corrected chi connectivity index (χ4v) is 1.68. The smallest absolute Gasteiger partial charge is 0.408 e. The molecule has 0 aliphatic carbocycles. The van der Waals surface area contributed by atoms with E-state index in [9.17, 15) is 4.79 Å². The van der Waals surface area contributed by atoms with Gasteiger partial charge in [0, 0.05) is 13.6 Å². The van der Waals surface area contributed by atoms with Crippen molar-refractivity contribution in [2.45, 2.75) is 6.54 Å². The molecule has 0 amide bonds. The first-order valence-corrected chi connectivity index (χ1v) is 5.69. The predicted octanol–water partition coefficient (Wildman–Crippen LogP) is 1.57. The van der Waals surface area contributed by atoms with Crippen LogP contribution < -0.4 is 11.1 Å². The number of alkyl halides is 1. The number of rotatable bonds is 3. The molecule has 0 aliphatic heterocycles. The Morgan fingerprint density at radius 3 is 3.07 bits per heavy atom. The van der Waals surface area contributed by atoms with Gasteiger partial charge in [0.05, 0.1) is 11.0 Å². The Morgan fingerprint density at radius 1 is 1.53 bits per heavy atom. The Hall–Kier alpha value is -1.07. The number of halogens is 1. The topological polar surface area (TPSA) is 47.2 Å². The molecule has 0 unspecified atom stereocenters. The Kier molecular flexibility index (Phi) is 2.93. The fraction of sp³-hybridized carbons (Fsp3) is 0.300. The Balaban J connectivity index is 2.43. The van der Waals surface area contributed by atoms with Gasteiger partial charge in [0.15, 0.2) is 5.58 Å². The molecule has 2 rings (SSSR count). The summed E-state index contributed by atoms with van der Waals surface area (Å²) in [6, 6.07) is 5.75. The first-order chi connectivity index (χ1) is 7.22. The number of oxazole rings is 1. The normalized spacial score (nSPS) is 11.1. The summed E-state index contributed by atoms with van der Waals surface area (Å²) in [5, 5.41) is 3.14. The first-order valence-electron chi connectivity index (χ1n) is 4.57. The summed E-state index contributed by atoms with van der Waals surface area (Å²) < 4.78 is 6.58. The minimum atomic E-state index is -0.324. The van der Waals surface area contributed by atoms with Crippen molar-refractivity contribution in [2.75, 3.05) is 5.45 Å². The molecule has 15 heavy (non-hydrogen) atoms. The van der Waals surface area contributed by atoms with E-state index in [0.29, 0.717) is 5.58 Å². The third-order valence-corrected chi connectivity index (χ3v) is 2.68. The van der Waals surface area contributed by atoms with E-state index in [1.54, 1.807) is 7.05 Å². The summed E-state index contributed by atoms with van der Waals surface area (Å²) >= 11 is 3.28. The van der Waals surface area contributed by atoms with Crippen molar-refractivity contribution >= 4 is 27.0 Å². The van der Waals surface area contributed by atoms with Crippen molar-refractivity contribution < 1.29 is 4.42 Å². The molecule has 0 bridgehead atoms. The molecule has 4 nitrogen and oxygen atoms in total. The highest BCUT2D eigenvalue weighted by molar-refractivity contribution is 9.09. The van der Waals surface area contributed by atoms with Gasteiger partial charge in [-0.15, -0.1) is 0 Å². The van der Waals surface area contributed by atoms with Crippen molar-refractivity contribution in [3.8, 4) is 0 Å². The Labute approximate surface area is 95.0 Å². The van der Waals surface area contributed by atoms with E-state index in [2.05, 4.69) is 21.2 Å². The lowest BCUT2D eigenvalue weighted by Crippen LogP contribution is -2.09. The van der Waals surface area contributed by atoms with Crippen LogP contribution in [-0.4, -0.2) is 10.0 Å². The summed E-state index contributed by atoms with van der Waals surface area (Å²) in [5.41, 5.74) is 3.29. The average molecular weight is 271 g/mol. The number of hydrogen-bond acceptors (Lipinski definition) is 3. The lowest BCUT2D eigenvalue weighted by atomic mass is 10.2. The monoisotopic (exact) mass is 270 g/mol. The molecule has 0 fully saturated rings. The van der Waals surface area contributed by atoms with Crippen LogP contribution in [0.15, 0.2) is 27.4 Å². The van der Waals surface area contributed by atoms with Crippen LogP contribution >= 0.6 is 15.9 Å². The maximum Gasteiger partial charge on any atom is 0.419 e. The number of benzene rings is 1. The summed E-state index contributed by atoms with van der Waals surface area (Å²) in [4.78, 5) is 11.2. The molecule has 80 valence electrons. The predicted molar refractivity (Wildman–Crippen MR) is 62.1 cm³/mol. The summed E-state index contributed by atoms with van der Waals surface area (Å²) in [6.07, 6.45) is 0. The van der Waals surface area contributed by atoms with Crippen LogP contribution in [-0.2, 0) is 13.6 Å².